The number of carbonyl (C=O) groups excluding carboxylic acids is 1. The highest BCUT2D eigenvalue weighted by molar-refractivity contribution is 5.94. The number of hydrogen-bond acceptors (Lipinski definition) is 5. The van der Waals surface area contributed by atoms with Crippen LogP contribution in [-0.2, 0) is 17.5 Å². The Hall–Kier alpha value is -3.27. The van der Waals surface area contributed by atoms with Crippen LogP contribution in [0, 0.1) is 0 Å². The van der Waals surface area contributed by atoms with E-state index in [1.807, 2.05) is 0 Å². The van der Waals surface area contributed by atoms with Crippen molar-refractivity contribution in [3.05, 3.63) is 70.0 Å². The van der Waals surface area contributed by atoms with Crippen molar-refractivity contribution in [1.82, 2.24) is 19.4 Å². The lowest BCUT2D eigenvalue weighted by Crippen LogP contribution is -2.36. The van der Waals surface area contributed by atoms with E-state index in [9.17, 15) is 22.8 Å². The second-order valence-corrected chi connectivity index (χ2v) is 7.52. The molecule has 4 rings (SSSR count). The Kier molecular flexibility index (Phi) is 5.96. The van der Waals surface area contributed by atoms with Crippen LogP contribution in [0.25, 0.3) is 10.9 Å². The van der Waals surface area contributed by atoms with Crippen molar-refractivity contribution in [2.45, 2.75) is 31.6 Å². The molecule has 1 amide bonds. The maximum atomic E-state index is 13.1. The highest BCUT2D eigenvalue weighted by Gasteiger charge is 2.36. The van der Waals surface area contributed by atoms with Crippen molar-refractivity contribution < 1.29 is 22.7 Å². The summed E-state index contributed by atoms with van der Waals surface area (Å²) in [4.78, 5) is 35.9. The second-order valence-electron chi connectivity index (χ2n) is 7.52. The first-order chi connectivity index (χ1) is 15.3. The Morgan fingerprint density at radius 2 is 2.00 bits per heavy atom. The first kappa shape index (κ1) is 21.9. The summed E-state index contributed by atoms with van der Waals surface area (Å²) < 4.78 is 45.1. The second kappa shape index (κ2) is 8.70. The third-order valence-corrected chi connectivity index (χ3v) is 5.52. The van der Waals surface area contributed by atoms with Gasteiger partial charge >= 0.3 is 6.18 Å². The number of halogens is 3. The van der Waals surface area contributed by atoms with E-state index in [4.69, 9.17) is 9.72 Å². The maximum absolute atomic E-state index is 13.1. The van der Waals surface area contributed by atoms with Crippen LogP contribution in [0.3, 0.4) is 0 Å². The summed E-state index contributed by atoms with van der Waals surface area (Å²) in [6, 6.07) is 8.41. The number of aromatic nitrogens is 3. The molecule has 2 aromatic heterocycles. The fourth-order valence-corrected chi connectivity index (χ4v) is 3.97. The van der Waals surface area contributed by atoms with Crippen LogP contribution in [-0.4, -0.2) is 45.6 Å². The number of pyridine rings is 1. The van der Waals surface area contributed by atoms with Crippen LogP contribution in [0.2, 0.25) is 0 Å². The van der Waals surface area contributed by atoms with E-state index in [1.165, 1.54) is 11.7 Å². The van der Waals surface area contributed by atoms with Gasteiger partial charge in [-0.3, -0.25) is 19.1 Å². The summed E-state index contributed by atoms with van der Waals surface area (Å²) in [5.41, 5.74) is -0.706. The number of fused-ring (bicyclic) bond motifs is 1. The van der Waals surface area contributed by atoms with Crippen LogP contribution < -0.4 is 5.56 Å². The highest BCUT2D eigenvalue weighted by Crippen LogP contribution is 2.33. The van der Waals surface area contributed by atoms with Crippen molar-refractivity contribution in [3.63, 3.8) is 0 Å². The van der Waals surface area contributed by atoms with Gasteiger partial charge < -0.3 is 9.64 Å². The molecule has 1 aliphatic heterocycles. The smallest absolute Gasteiger partial charge is 0.383 e. The molecule has 1 aromatic carbocycles. The van der Waals surface area contributed by atoms with Crippen LogP contribution in [0.1, 0.15) is 40.8 Å². The van der Waals surface area contributed by atoms with Gasteiger partial charge in [0.1, 0.15) is 11.5 Å². The predicted molar refractivity (Wildman–Crippen MR) is 110 cm³/mol. The van der Waals surface area contributed by atoms with E-state index in [0.717, 1.165) is 18.3 Å². The minimum atomic E-state index is -4.58. The topological polar surface area (TPSA) is 77.3 Å². The molecule has 10 heteroatoms. The summed E-state index contributed by atoms with van der Waals surface area (Å²) in [7, 11) is 1.53. The van der Waals surface area contributed by atoms with E-state index in [2.05, 4.69) is 4.98 Å². The third kappa shape index (κ3) is 4.10. The number of amides is 1. The van der Waals surface area contributed by atoms with Crippen LogP contribution in [0.4, 0.5) is 13.2 Å². The fourth-order valence-electron chi connectivity index (χ4n) is 3.97. The van der Waals surface area contributed by atoms with Crippen molar-refractivity contribution in [2.75, 3.05) is 20.3 Å². The first-order valence-corrected chi connectivity index (χ1v) is 10.1. The van der Waals surface area contributed by atoms with E-state index in [-0.39, 0.29) is 24.3 Å². The lowest BCUT2D eigenvalue weighted by atomic mass is 10.1. The lowest BCUT2D eigenvalue weighted by Gasteiger charge is -2.27. The summed E-state index contributed by atoms with van der Waals surface area (Å²) in [6.07, 6.45) is -2.38. The number of hydrogen-bond donors (Lipinski definition) is 0. The van der Waals surface area contributed by atoms with Gasteiger partial charge in [-0.1, -0.05) is 12.1 Å². The van der Waals surface area contributed by atoms with E-state index < -0.39 is 23.8 Å². The van der Waals surface area contributed by atoms with Gasteiger partial charge in [-0.25, -0.2) is 4.98 Å². The molecule has 0 saturated carbocycles. The zero-order valence-corrected chi connectivity index (χ0v) is 17.3. The SMILES string of the molecule is COCCn1c(C2CCCN2C(=O)c2ccc(C(F)(F)F)nc2)nc2ccccc2c1=O. The molecule has 1 unspecified atom stereocenters. The number of rotatable bonds is 5. The molecule has 3 heterocycles. The van der Waals surface area contributed by atoms with E-state index in [1.54, 1.807) is 29.2 Å². The number of nitrogens with zero attached hydrogens (tertiary/aromatic N) is 4. The largest absolute Gasteiger partial charge is 0.433 e. The van der Waals surface area contributed by atoms with Crippen LogP contribution in [0.15, 0.2) is 47.4 Å². The number of methoxy groups -OCH3 is 1. The standard InChI is InChI=1S/C22H21F3N4O3/c1-32-12-11-29-19(27-16-6-3-2-5-15(16)21(29)31)17-7-4-10-28(17)20(30)14-8-9-18(26-13-14)22(23,24)25/h2-3,5-6,8-9,13,17H,4,7,10-12H2,1H3. The van der Waals surface area contributed by atoms with E-state index in [0.29, 0.717) is 36.1 Å². The third-order valence-electron chi connectivity index (χ3n) is 5.52. The van der Waals surface area contributed by atoms with Crippen molar-refractivity contribution in [1.29, 1.82) is 0 Å². The molecule has 1 fully saturated rings. The Morgan fingerprint density at radius 1 is 1.22 bits per heavy atom. The Bertz CT molecular complexity index is 1190. The van der Waals surface area contributed by atoms with Gasteiger partial charge in [0, 0.05) is 19.9 Å². The summed E-state index contributed by atoms with van der Waals surface area (Å²) in [5.74, 6) is -0.00843. The molecule has 1 atom stereocenters. The van der Waals surface area contributed by atoms with Gasteiger partial charge in [0.15, 0.2) is 0 Å². The Labute approximate surface area is 181 Å². The van der Waals surface area contributed by atoms with Crippen LogP contribution >= 0.6 is 0 Å². The summed E-state index contributed by atoms with van der Waals surface area (Å²) in [6.45, 7) is 0.955. The Morgan fingerprint density at radius 3 is 2.69 bits per heavy atom. The van der Waals surface area contributed by atoms with Gasteiger partial charge in [0.05, 0.1) is 35.7 Å². The van der Waals surface area contributed by atoms with Gasteiger partial charge in [-0.05, 0) is 37.1 Å². The quantitative estimate of drug-likeness (QED) is 0.600. The minimum Gasteiger partial charge on any atom is -0.383 e. The van der Waals surface area contributed by atoms with E-state index >= 15 is 0 Å². The monoisotopic (exact) mass is 446 g/mol. The number of benzene rings is 1. The zero-order chi connectivity index (χ0) is 22.9. The maximum Gasteiger partial charge on any atom is 0.433 e. The average Bonchev–Trinajstić information content (AvgIpc) is 3.27. The van der Waals surface area contributed by atoms with Crippen LogP contribution in [0.5, 0.6) is 0 Å². The normalized spacial score (nSPS) is 16.6. The van der Waals surface area contributed by atoms with Crippen molar-refractivity contribution in [3.8, 4) is 0 Å². The summed E-state index contributed by atoms with van der Waals surface area (Å²) in [5, 5.41) is 0.468. The number of para-hydroxylation sites is 1. The predicted octanol–water partition coefficient (Wildman–Crippen LogP) is 3.43. The molecule has 7 nitrogen and oxygen atoms in total. The van der Waals surface area contributed by atoms with Gasteiger partial charge in [-0.15, -0.1) is 0 Å². The fraction of sp³-hybridized carbons (Fsp3) is 0.364. The molecular formula is C22H21F3N4O3. The first-order valence-electron chi connectivity index (χ1n) is 10.1. The molecule has 168 valence electrons. The van der Waals surface area contributed by atoms with Crippen molar-refractivity contribution >= 4 is 16.8 Å². The molecular weight excluding hydrogens is 425 g/mol. The molecule has 0 aliphatic carbocycles. The van der Waals surface area contributed by atoms with Gasteiger partial charge in [0.2, 0.25) is 0 Å². The molecule has 0 spiro atoms. The summed E-state index contributed by atoms with van der Waals surface area (Å²) >= 11 is 0. The number of alkyl halides is 3. The minimum absolute atomic E-state index is 0.0523. The number of ether oxygens (including phenoxy) is 1. The molecule has 3 aromatic rings. The van der Waals surface area contributed by atoms with Crippen molar-refractivity contribution in [2.24, 2.45) is 0 Å². The lowest BCUT2D eigenvalue weighted by molar-refractivity contribution is -0.141. The number of carbonyl (C=O) groups is 1. The Balaban J connectivity index is 1.73. The zero-order valence-electron chi connectivity index (χ0n) is 17.3. The van der Waals surface area contributed by atoms with Gasteiger partial charge in [0.25, 0.3) is 11.5 Å². The molecule has 1 aliphatic rings. The number of likely N-dealkylation sites (tertiary alicyclic amines) is 1. The molecule has 0 radical (unpaired) electrons. The molecule has 0 N–H and O–H groups in total. The van der Waals surface area contributed by atoms with Gasteiger partial charge in [-0.2, -0.15) is 13.2 Å². The highest BCUT2D eigenvalue weighted by atomic mass is 19.4. The average molecular weight is 446 g/mol. The molecule has 1 saturated heterocycles. The molecule has 32 heavy (non-hydrogen) atoms. The molecule has 0 bridgehead atoms.